The molecule has 0 saturated carbocycles. The predicted molar refractivity (Wildman–Crippen MR) is 189 cm³/mol. The third kappa shape index (κ3) is 5.60. The molecule has 3 aliphatic heterocycles. The number of anilines is 1. The zero-order chi connectivity index (χ0) is 34.7. The van der Waals surface area contributed by atoms with E-state index in [1.165, 1.54) is 6.07 Å². The van der Waals surface area contributed by atoms with E-state index in [4.69, 9.17) is 9.47 Å². The van der Waals surface area contributed by atoms with Gasteiger partial charge in [0.05, 0.1) is 23.2 Å². The highest BCUT2D eigenvalue weighted by Gasteiger charge is 2.36. The number of piperidine rings is 1. The third-order valence-electron chi connectivity index (χ3n) is 9.76. The van der Waals surface area contributed by atoms with Gasteiger partial charge < -0.3 is 29.2 Å². The van der Waals surface area contributed by atoms with E-state index in [0.717, 1.165) is 35.6 Å². The molecule has 2 unspecified atom stereocenters. The number of halogens is 1. The number of benzene rings is 3. The smallest absolute Gasteiger partial charge is 0.407 e. The van der Waals surface area contributed by atoms with Crippen molar-refractivity contribution >= 4 is 39.4 Å². The van der Waals surface area contributed by atoms with Gasteiger partial charge in [-0.05, 0) is 87.1 Å². The lowest BCUT2D eigenvalue weighted by molar-refractivity contribution is 0.0508. The van der Waals surface area contributed by atoms with Crippen LogP contribution in [0.2, 0.25) is 0 Å². The lowest BCUT2D eigenvalue weighted by Crippen LogP contribution is -2.41. The first kappa shape index (κ1) is 31.8. The maximum atomic E-state index is 16.5. The first-order valence-corrected chi connectivity index (χ1v) is 17.1. The Balaban J connectivity index is 1.26. The number of hydrogen-bond acceptors (Lipinski definition) is 7. The Kier molecular flexibility index (Phi) is 7.73. The molecule has 0 spiro atoms. The van der Waals surface area contributed by atoms with Gasteiger partial charge in [0.25, 0.3) is 5.91 Å². The van der Waals surface area contributed by atoms with Gasteiger partial charge in [0.15, 0.2) is 17.3 Å². The molecule has 2 fully saturated rings. The number of carbonyl (C=O) groups is 2. The van der Waals surface area contributed by atoms with E-state index in [-0.39, 0.29) is 34.5 Å². The first-order valence-electron chi connectivity index (χ1n) is 17.1. The summed E-state index contributed by atoms with van der Waals surface area (Å²) in [6, 6.07) is 16.2. The summed E-state index contributed by atoms with van der Waals surface area (Å²) in [7, 11) is 0. The van der Waals surface area contributed by atoms with Crippen LogP contribution in [0.1, 0.15) is 68.4 Å². The second-order valence-electron chi connectivity index (χ2n) is 14.3. The molecule has 10 nitrogen and oxygen atoms in total. The van der Waals surface area contributed by atoms with Gasteiger partial charge in [-0.15, -0.1) is 0 Å². The Hall–Kier alpha value is -5.45. The minimum Gasteiger partial charge on any atom is -0.451 e. The normalized spacial score (nSPS) is 18.6. The molecule has 5 aromatic rings. The fourth-order valence-electron chi connectivity index (χ4n) is 7.54. The number of alkyl carbamates (subject to hydrolysis) is 1. The van der Waals surface area contributed by atoms with Crippen LogP contribution in [0.3, 0.4) is 0 Å². The van der Waals surface area contributed by atoms with Crippen molar-refractivity contribution in [1.82, 2.24) is 19.8 Å². The first-order chi connectivity index (χ1) is 24.1. The van der Waals surface area contributed by atoms with Crippen molar-refractivity contribution < 1.29 is 23.5 Å². The number of carbonyl (C=O) groups excluding carboxylic acids is 2. The van der Waals surface area contributed by atoms with Gasteiger partial charge in [0.2, 0.25) is 5.43 Å². The van der Waals surface area contributed by atoms with Gasteiger partial charge >= 0.3 is 6.09 Å². The number of rotatable bonds is 4. The van der Waals surface area contributed by atoms with Crippen molar-refractivity contribution in [2.45, 2.75) is 64.1 Å². The average Bonchev–Trinajstić information content (AvgIpc) is 3.55. The summed E-state index contributed by atoms with van der Waals surface area (Å²) in [5, 5.41) is 4.83. The second kappa shape index (κ2) is 12.2. The Morgan fingerprint density at radius 3 is 2.58 bits per heavy atom. The summed E-state index contributed by atoms with van der Waals surface area (Å²) < 4.78 is 30.3. The number of likely N-dealkylation sites (tertiary alicyclic amines) is 1. The fraction of sp³-hybridized carbons (Fsp3) is 0.333. The van der Waals surface area contributed by atoms with Crippen LogP contribution in [-0.4, -0.2) is 57.7 Å². The highest BCUT2D eigenvalue weighted by Crippen LogP contribution is 2.48. The monoisotopic (exact) mass is 675 g/mol. The van der Waals surface area contributed by atoms with Gasteiger partial charge in [-0.25, -0.2) is 9.18 Å². The molecule has 11 heteroatoms. The molecule has 5 heterocycles. The molecular weight excluding hydrogens is 637 g/mol. The van der Waals surface area contributed by atoms with Crippen LogP contribution in [0.15, 0.2) is 78.0 Å². The van der Waals surface area contributed by atoms with E-state index < -0.39 is 28.8 Å². The van der Waals surface area contributed by atoms with Crippen molar-refractivity contribution in [3.05, 3.63) is 100 Å². The molecule has 3 aromatic carbocycles. The van der Waals surface area contributed by atoms with Gasteiger partial charge in [0, 0.05) is 38.2 Å². The fourth-order valence-corrected chi connectivity index (χ4v) is 7.54. The minimum atomic E-state index is -0.653. The predicted octanol–water partition coefficient (Wildman–Crippen LogP) is 7.25. The lowest BCUT2D eigenvalue weighted by Gasteiger charge is -2.36. The maximum absolute atomic E-state index is 16.5. The lowest BCUT2D eigenvalue weighted by atomic mass is 9.95. The van der Waals surface area contributed by atoms with Crippen molar-refractivity contribution in [1.29, 1.82) is 0 Å². The summed E-state index contributed by atoms with van der Waals surface area (Å²) >= 11 is 0. The molecule has 256 valence electrons. The molecule has 2 saturated heterocycles. The van der Waals surface area contributed by atoms with Crippen LogP contribution in [0, 0.1) is 5.82 Å². The number of ether oxygens (including phenoxy) is 2. The highest BCUT2D eigenvalue weighted by atomic mass is 19.1. The summed E-state index contributed by atoms with van der Waals surface area (Å²) in [5.74, 6) is -0.373. The van der Waals surface area contributed by atoms with Gasteiger partial charge in [-0.1, -0.05) is 30.3 Å². The van der Waals surface area contributed by atoms with Gasteiger partial charge in [-0.2, -0.15) is 0 Å². The summed E-state index contributed by atoms with van der Waals surface area (Å²) in [5.41, 5.74) is 0.899. The molecule has 8 rings (SSSR count). The summed E-state index contributed by atoms with van der Waals surface area (Å²) in [6.07, 6.45) is 7.60. The Bertz CT molecular complexity index is 2230. The van der Waals surface area contributed by atoms with E-state index in [0.29, 0.717) is 43.0 Å². The van der Waals surface area contributed by atoms with Gasteiger partial charge in [-0.3, -0.25) is 14.6 Å². The number of hydrogen-bond donors (Lipinski definition) is 1. The molecule has 2 amide bonds. The second-order valence-corrected chi connectivity index (χ2v) is 14.3. The summed E-state index contributed by atoms with van der Waals surface area (Å²) in [4.78, 5) is 49.2. The molecule has 1 N–H and O–H groups in total. The number of aromatic nitrogens is 2. The Morgan fingerprint density at radius 2 is 1.82 bits per heavy atom. The van der Waals surface area contributed by atoms with Crippen molar-refractivity contribution in [3.8, 4) is 17.2 Å². The van der Waals surface area contributed by atoms with E-state index in [1.807, 2.05) is 58.0 Å². The summed E-state index contributed by atoms with van der Waals surface area (Å²) in [6.45, 7) is 6.64. The molecule has 0 bridgehead atoms. The molecule has 0 aliphatic carbocycles. The molecule has 2 atom stereocenters. The molecule has 2 aromatic heterocycles. The van der Waals surface area contributed by atoms with E-state index in [1.54, 1.807) is 44.3 Å². The largest absolute Gasteiger partial charge is 0.451 e. The molecule has 3 aliphatic rings. The number of fused-ring (bicyclic) bond motifs is 3. The van der Waals surface area contributed by atoms with Crippen molar-refractivity contribution in [2.75, 3.05) is 24.5 Å². The van der Waals surface area contributed by atoms with Crippen LogP contribution in [0.5, 0.6) is 11.5 Å². The zero-order valence-corrected chi connectivity index (χ0v) is 28.2. The quantitative estimate of drug-likeness (QED) is 0.210. The molecular formula is C39H38FN5O5. The van der Waals surface area contributed by atoms with E-state index >= 15 is 4.39 Å². The van der Waals surface area contributed by atoms with Crippen LogP contribution in [0.4, 0.5) is 14.9 Å². The van der Waals surface area contributed by atoms with Crippen LogP contribution in [0.25, 0.3) is 27.4 Å². The maximum Gasteiger partial charge on any atom is 0.407 e. The van der Waals surface area contributed by atoms with E-state index in [9.17, 15) is 14.4 Å². The molecule has 50 heavy (non-hydrogen) atoms. The van der Waals surface area contributed by atoms with Crippen LogP contribution < -0.4 is 20.4 Å². The van der Waals surface area contributed by atoms with Crippen molar-refractivity contribution in [3.63, 3.8) is 0 Å². The number of pyridine rings is 2. The molecule has 0 radical (unpaired) electrons. The van der Waals surface area contributed by atoms with Crippen molar-refractivity contribution in [2.24, 2.45) is 0 Å². The van der Waals surface area contributed by atoms with Crippen LogP contribution >= 0.6 is 0 Å². The standard InChI is InChI=1S/C39H38FN5O5/c1-39(2,3)50-38(48)42-26-13-16-43(21-26)34-29(40)19-27-33-36(34)49-32-18-24-10-5-4-9-23(24)17-31(32)45(33)22-28(35(27)46)37(47)44-15-7-6-12-30(44)25-11-8-14-41-20-25/h4-5,8-11,14,17-20,22,26,30H,6-7,12-13,15-16,21H2,1-3H3,(H,42,48). The Labute approximate surface area is 288 Å². The minimum absolute atomic E-state index is 0.0322. The van der Waals surface area contributed by atoms with E-state index in [2.05, 4.69) is 10.3 Å². The third-order valence-corrected chi connectivity index (χ3v) is 9.76. The van der Waals surface area contributed by atoms with Crippen LogP contribution in [-0.2, 0) is 4.74 Å². The topological polar surface area (TPSA) is 106 Å². The average molecular weight is 676 g/mol. The number of amides is 2. The van der Waals surface area contributed by atoms with Gasteiger partial charge in [0.1, 0.15) is 22.4 Å². The number of nitrogens with zero attached hydrogens (tertiary/aromatic N) is 4. The number of nitrogens with one attached hydrogen (secondary N) is 1. The highest BCUT2D eigenvalue weighted by molar-refractivity contribution is 6.02. The Morgan fingerprint density at radius 1 is 1.02 bits per heavy atom. The zero-order valence-electron chi connectivity index (χ0n) is 28.2. The SMILES string of the molecule is CC(C)(C)OC(=O)NC1CCN(c2c(F)cc3c(=O)c(C(=O)N4CCCCC4c4cccnc4)cn4c3c2Oc2cc3ccccc3cc2-4)C1.